The molecule has 0 nitrogen and oxygen atoms in total. The van der Waals surface area contributed by atoms with Gasteiger partial charge in [0.15, 0.2) is 0 Å². The van der Waals surface area contributed by atoms with Gasteiger partial charge in [0.2, 0.25) is 0 Å². The molecule has 0 saturated carbocycles. The zero-order valence-electron chi connectivity index (χ0n) is 2.79. The van der Waals surface area contributed by atoms with Crippen molar-refractivity contribution in [2.24, 2.45) is 0 Å². The Morgan fingerprint density at radius 1 is 1.75 bits per heavy atom. The molecule has 22 valence electrons. The maximum atomic E-state index is 3.15. The monoisotopic (exact) mass is 196 g/mol. The molecule has 0 rings (SSSR count). The van der Waals surface area contributed by atoms with Gasteiger partial charge in [-0.15, -0.1) is 0 Å². The first-order valence-corrected chi connectivity index (χ1v) is 2.10. The topological polar surface area (TPSA) is 0 Å². The van der Waals surface area contributed by atoms with Crippen molar-refractivity contribution in [2.75, 3.05) is 5.33 Å². The summed E-state index contributed by atoms with van der Waals surface area (Å²) in [6.07, 6.45) is 0. The Balaban J connectivity index is 0. The Hall–Kier alpha value is 1.96. The van der Waals surface area contributed by atoms with E-state index < -0.39 is 0 Å². The van der Waals surface area contributed by atoms with Crippen LogP contribution >= 0.6 is 15.9 Å². The van der Waals surface area contributed by atoms with E-state index in [-0.39, 0.29) is 45.5 Å². The van der Waals surface area contributed by atoms with Gasteiger partial charge < -0.3 is 0 Å². The summed E-state index contributed by atoms with van der Waals surface area (Å²) in [4.78, 5) is 0. The van der Waals surface area contributed by atoms with Gasteiger partial charge in [0.05, 0.1) is 0 Å². The van der Waals surface area contributed by atoms with E-state index in [1.807, 2.05) is 6.92 Å². The molecule has 0 atom stereocenters. The molecule has 0 fully saturated rings. The normalized spacial score (nSPS) is 4.50. The summed E-state index contributed by atoms with van der Waals surface area (Å²) < 4.78 is 0. The number of rotatable bonds is 0. The summed E-state index contributed by atoms with van der Waals surface area (Å²) in [5.74, 6) is 0. The van der Waals surface area contributed by atoms with Gasteiger partial charge >= 0.3 is 0 Å². The van der Waals surface area contributed by atoms with Crippen LogP contribution in [0.4, 0.5) is 0 Å². The molecule has 0 amide bonds. The molecule has 4 heavy (non-hydrogen) atoms. The van der Waals surface area contributed by atoms with Crippen LogP contribution in [0.1, 0.15) is 6.92 Å². The molecular formula is C2H5BrSr. The molecule has 0 spiro atoms. The van der Waals surface area contributed by atoms with E-state index in [0.717, 1.165) is 5.33 Å². The summed E-state index contributed by atoms with van der Waals surface area (Å²) in [6, 6.07) is 0. The summed E-state index contributed by atoms with van der Waals surface area (Å²) in [5, 5.41) is 1.06. The molecule has 0 saturated heterocycles. The smallest absolute Gasteiger partial charge is 0.000281 e. The average molecular weight is 197 g/mol. The average Bonchev–Trinajstić information content (AvgIpc) is 0.918. The minimum atomic E-state index is 0. The van der Waals surface area contributed by atoms with Crippen molar-refractivity contribution in [1.82, 2.24) is 0 Å². The third-order valence-electron chi connectivity index (χ3n) is 0. The predicted octanol–water partition coefficient (Wildman–Crippen LogP) is 1.02. The summed E-state index contributed by atoms with van der Waals surface area (Å²) in [6.45, 7) is 2.04. The molecule has 2 heteroatoms. The zero-order valence-corrected chi connectivity index (χ0v) is 7.85. The van der Waals surface area contributed by atoms with Crippen molar-refractivity contribution in [1.29, 1.82) is 0 Å². The molecule has 0 aromatic heterocycles. The molecule has 0 heterocycles. The second-order valence-electron chi connectivity index (χ2n) is 0.267. The van der Waals surface area contributed by atoms with E-state index in [2.05, 4.69) is 15.9 Å². The van der Waals surface area contributed by atoms with E-state index in [4.69, 9.17) is 0 Å². The van der Waals surface area contributed by atoms with Crippen molar-refractivity contribution >= 4 is 61.4 Å². The molecule has 0 aliphatic rings. The van der Waals surface area contributed by atoms with Gasteiger partial charge in [-0.05, 0) is 0 Å². The van der Waals surface area contributed by atoms with Crippen LogP contribution in [0.25, 0.3) is 0 Å². The third kappa shape index (κ3) is 9.03. The fourth-order valence-electron chi connectivity index (χ4n) is 0. The quantitative estimate of drug-likeness (QED) is 0.401. The van der Waals surface area contributed by atoms with Crippen molar-refractivity contribution in [3.63, 3.8) is 0 Å². The van der Waals surface area contributed by atoms with Crippen LogP contribution in [0.5, 0.6) is 0 Å². The number of alkyl halides is 1. The van der Waals surface area contributed by atoms with Crippen molar-refractivity contribution < 1.29 is 0 Å². The van der Waals surface area contributed by atoms with Gasteiger partial charge in [0.25, 0.3) is 0 Å². The number of hydrogen-bond acceptors (Lipinski definition) is 0. The van der Waals surface area contributed by atoms with Crippen LogP contribution in [0.15, 0.2) is 0 Å². The first-order valence-electron chi connectivity index (χ1n) is 0.974. The van der Waals surface area contributed by atoms with Crippen LogP contribution in [0.3, 0.4) is 0 Å². The largest absolute Gasteiger partial charge is 0.0931 e. The summed E-state index contributed by atoms with van der Waals surface area (Å²) in [5.41, 5.74) is 0. The van der Waals surface area contributed by atoms with Crippen LogP contribution in [-0.4, -0.2) is 50.8 Å². The summed E-state index contributed by atoms with van der Waals surface area (Å²) >= 11 is 3.15. The molecule has 0 aliphatic carbocycles. The summed E-state index contributed by atoms with van der Waals surface area (Å²) in [7, 11) is 0. The van der Waals surface area contributed by atoms with Crippen LogP contribution < -0.4 is 0 Å². The minimum absolute atomic E-state index is 0. The van der Waals surface area contributed by atoms with Gasteiger partial charge in [-0.2, -0.15) is 0 Å². The van der Waals surface area contributed by atoms with Gasteiger partial charge in [-0.25, -0.2) is 0 Å². The second-order valence-corrected chi connectivity index (χ2v) is 1.39. The Morgan fingerprint density at radius 3 is 1.75 bits per heavy atom. The predicted molar refractivity (Wildman–Crippen MR) is 25.2 cm³/mol. The molecule has 0 aromatic carbocycles. The standard InChI is InChI=1S/C2H5Br.Sr/c1-2-3;/h2H2,1H3;. The van der Waals surface area contributed by atoms with Crippen molar-refractivity contribution in [3.05, 3.63) is 0 Å². The van der Waals surface area contributed by atoms with E-state index in [1.165, 1.54) is 0 Å². The second kappa shape index (κ2) is 8.88. The van der Waals surface area contributed by atoms with Crippen molar-refractivity contribution in [3.8, 4) is 0 Å². The fraction of sp³-hybridized carbons (Fsp3) is 1.00. The molecule has 0 N–H and O–H groups in total. The fourth-order valence-corrected chi connectivity index (χ4v) is 0. The molecule has 0 bridgehead atoms. The zero-order chi connectivity index (χ0) is 2.71. The first-order chi connectivity index (χ1) is 1.41. The van der Waals surface area contributed by atoms with Crippen LogP contribution in [0.2, 0.25) is 0 Å². The molecule has 2 radical (unpaired) electrons. The minimum Gasteiger partial charge on any atom is -0.0931 e. The Morgan fingerprint density at radius 2 is 1.75 bits per heavy atom. The molecule has 0 aromatic rings. The Bertz CT molecular complexity index is 6.00. The number of hydrogen-bond donors (Lipinski definition) is 0. The van der Waals surface area contributed by atoms with Crippen molar-refractivity contribution in [2.45, 2.75) is 6.92 Å². The van der Waals surface area contributed by atoms with Crippen LogP contribution in [-0.2, 0) is 0 Å². The van der Waals surface area contributed by atoms with E-state index in [0.29, 0.717) is 0 Å². The molecular weight excluding hydrogens is 192 g/mol. The molecule has 0 aliphatic heterocycles. The molecule has 0 unspecified atom stereocenters. The maximum absolute atomic E-state index is 3.15. The van der Waals surface area contributed by atoms with Gasteiger partial charge in [0.1, 0.15) is 0 Å². The maximum Gasteiger partial charge on any atom is 0.000281 e. The van der Waals surface area contributed by atoms with E-state index in [1.54, 1.807) is 0 Å². The Labute approximate surface area is 72.4 Å². The Kier molecular flexibility index (Phi) is 20.8. The van der Waals surface area contributed by atoms with Crippen LogP contribution in [0, 0.1) is 0 Å². The van der Waals surface area contributed by atoms with Gasteiger partial charge in [-0.3, -0.25) is 0 Å². The SMILES string of the molecule is CCBr.[Sr]. The number of halogens is 1. The third-order valence-corrected chi connectivity index (χ3v) is 0. The van der Waals surface area contributed by atoms with Gasteiger partial charge in [0, 0.05) is 50.8 Å². The van der Waals surface area contributed by atoms with E-state index in [9.17, 15) is 0 Å². The van der Waals surface area contributed by atoms with Gasteiger partial charge in [-0.1, -0.05) is 22.9 Å². The van der Waals surface area contributed by atoms with E-state index >= 15 is 0 Å². The first kappa shape index (κ1) is 9.35.